The lowest BCUT2D eigenvalue weighted by Crippen LogP contribution is -2.44. The van der Waals surface area contributed by atoms with E-state index in [9.17, 15) is 9.59 Å². The van der Waals surface area contributed by atoms with Crippen LogP contribution in [0, 0.1) is 5.92 Å². The van der Waals surface area contributed by atoms with Crippen molar-refractivity contribution in [1.82, 2.24) is 10.2 Å². The molecule has 1 saturated heterocycles. The highest BCUT2D eigenvalue weighted by atomic mass is 16.4. The molecule has 5 nitrogen and oxygen atoms in total. The van der Waals surface area contributed by atoms with Gasteiger partial charge in [-0.3, -0.25) is 4.79 Å². The smallest absolute Gasteiger partial charge is 0.317 e. The second kappa shape index (κ2) is 8.02. The predicted molar refractivity (Wildman–Crippen MR) is 74.1 cm³/mol. The zero-order chi connectivity index (χ0) is 14.3. The molecule has 1 atom stereocenters. The molecule has 2 N–H and O–H groups in total. The molecule has 1 unspecified atom stereocenters. The summed E-state index contributed by atoms with van der Waals surface area (Å²) in [5.74, 6) is -0.246. The van der Waals surface area contributed by atoms with Gasteiger partial charge in [-0.2, -0.15) is 0 Å². The minimum atomic E-state index is -0.749. The van der Waals surface area contributed by atoms with E-state index in [0.29, 0.717) is 24.9 Å². The fourth-order valence-corrected chi connectivity index (χ4v) is 2.61. The van der Waals surface area contributed by atoms with Crippen LogP contribution in [0.25, 0.3) is 0 Å². The highest BCUT2D eigenvalue weighted by Crippen LogP contribution is 2.23. The number of carboxylic acids is 1. The molecule has 0 aromatic rings. The van der Waals surface area contributed by atoms with E-state index in [1.807, 2.05) is 4.90 Å². The summed E-state index contributed by atoms with van der Waals surface area (Å²) in [6, 6.07) is 0.404. The van der Waals surface area contributed by atoms with Crippen LogP contribution in [-0.2, 0) is 4.79 Å². The van der Waals surface area contributed by atoms with Gasteiger partial charge in [0.15, 0.2) is 0 Å². The molecule has 0 saturated carbocycles. The Labute approximate surface area is 115 Å². The quantitative estimate of drug-likeness (QED) is 0.698. The van der Waals surface area contributed by atoms with Gasteiger partial charge in [0.1, 0.15) is 0 Å². The number of hydrogen-bond donors (Lipinski definition) is 2. The predicted octanol–water partition coefficient (Wildman–Crippen LogP) is 2.46. The number of carboxylic acid groups (broad SMARTS) is 1. The zero-order valence-electron chi connectivity index (χ0n) is 12.0. The highest BCUT2D eigenvalue weighted by molar-refractivity contribution is 5.74. The van der Waals surface area contributed by atoms with E-state index in [0.717, 1.165) is 32.2 Å². The van der Waals surface area contributed by atoms with Crippen molar-refractivity contribution in [1.29, 1.82) is 0 Å². The standard InChI is InChI=1S/C14H26N2O3/c1-11(2)12-7-6-10-16(12)14(19)15-9-5-3-4-8-13(17)18/h11-12H,3-10H2,1-2H3,(H,15,19)(H,17,18). The number of nitrogens with zero attached hydrogens (tertiary/aromatic N) is 1. The van der Waals surface area contributed by atoms with Gasteiger partial charge in [0, 0.05) is 25.6 Å². The molecule has 0 radical (unpaired) electrons. The number of urea groups is 1. The molecule has 1 fully saturated rings. The van der Waals surface area contributed by atoms with E-state index >= 15 is 0 Å². The summed E-state index contributed by atoms with van der Waals surface area (Å²) in [6.07, 6.45) is 4.79. The van der Waals surface area contributed by atoms with Gasteiger partial charge in [0.25, 0.3) is 0 Å². The van der Waals surface area contributed by atoms with Crippen molar-refractivity contribution in [2.45, 2.75) is 58.4 Å². The average Bonchev–Trinajstić information content (AvgIpc) is 2.82. The Morgan fingerprint density at radius 3 is 2.68 bits per heavy atom. The van der Waals surface area contributed by atoms with Crippen molar-refractivity contribution in [2.75, 3.05) is 13.1 Å². The molecule has 1 aliphatic heterocycles. The Morgan fingerprint density at radius 1 is 1.32 bits per heavy atom. The number of aliphatic carboxylic acids is 1. The summed E-state index contributed by atoms with van der Waals surface area (Å²) in [5.41, 5.74) is 0. The molecule has 5 heteroatoms. The third kappa shape index (κ3) is 5.49. The molecule has 1 aliphatic rings. The van der Waals surface area contributed by atoms with E-state index in [2.05, 4.69) is 19.2 Å². The Balaban J connectivity index is 2.15. The van der Waals surface area contributed by atoms with E-state index in [1.54, 1.807) is 0 Å². The van der Waals surface area contributed by atoms with Gasteiger partial charge in [0.05, 0.1) is 0 Å². The first kappa shape index (κ1) is 15.8. The summed E-state index contributed by atoms with van der Waals surface area (Å²) in [7, 11) is 0. The van der Waals surface area contributed by atoms with Crippen molar-refractivity contribution in [3.8, 4) is 0 Å². The average molecular weight is 270 g/mol. The number of rotatable bonds is 7. The van der Waals surface area contributed by atoms with E-state index < -0.39 is 5.97 Å². The number of hydrogen-bond acceptors (Lipinski definition) is 2. The molecular formula is C14H26N2O3. The topological polar surface area (TPSA) is 69.6 Å². The van der Waals surface area contributed by atoms with Crippen molar-refractivity contribution in [3.05, 3.63) is 0 Å². The van der Waals surface area contributed by atoms with Gasteiger partial charge in [-0.05, 0) is 31.6 Å². The van der Waals surface area contributed by atoms with Crippen LogP contribution in [-0.4, -0.2) is 41.1 Å². The SMILES string of the molecule is CC(C)C1CCCN1C(=O)NCCCCCC(=O)O. The zero-order valence-corrected chi connectivity index (χ0v) is 12.0. The fraction of sp³-hybridized carbons (Fsp3) is 0.857. The summed E-state index contributed by atoms with van der Waals surface area (Å²) in [4.78, 5) is 24.3. The molecule has 0 spiro atoms. The molecule has 0 aliphatic carbocycles. The van der Waals surface area contributed by atoms with Crippen LogP contribution < -0.4 is 5.32 Å². The van der Waals surface area contributed by atoms with Crippen LogP contribution in [0.3, 0.4) is 0 Å². The number of unbranched alkanes of at least 4 members (excludes halogenated alkanes) is 2. The first-order valence-corrected chi connectivity index (χ1v) is 7.28. The highest BCUT2D eigenvalue weighted by Gasteiger charge is 2.30. The number of carbonyl (C=O) groups excluding carboxylic acids is 1. The maximum atomic E-state index is 12.0. The first-order valence-electron chi connectivity index (χ1n) is 7.28. The lowest BCUT2D eigenvalue weighted by atomic mass is 10.0. The first-order chi connectivity index (χ1) is 9.02. The summed E-state index contributed by atoms with van der Waals surface area (Å²) in [6.45, 7) is 5.80. The van der Waals surface area contributed by atoms with Crippen LogP contribution in [0.1, 0.15) is 52.4 Å². The number of nitrogens with one attached hydrogen (secondary N) is 1. The van der Waals surface area contributed by atoms with Crippen LogP contribution >= 0.6 is 0 Å². The summed E-state index contributed by atoms with van der Waals surface area (Å²) >= 11 is 0. The van der Waals surface area contributed by atoms with Crippen molar-refractivity contribution in [3.63, 3.8) is 0 Å². The minimum Gasteiger partial charge on any atom is -0.481 e. The molecule has 2 amide bonds. The Morgan fingerprint density at radius 2 is 2.05 bits per heavy atom. The minimum absolute atomic E-state index is 0.0365. The Kier molecular flexibility index (Phi) is 6.67. The van der Waals surface area contributed by atoms with E-state index in [4.69, 9.17) is 5.11 Å². The maximum absolute atomic E-state index is 12.0. The second-order valence-electron chi connectivity index (χ2n) is 5.58. The van der Waals surface area contributed by atoms with Crippen molar-refractivity contribution in [2.24, 2.45) is 5.92 Å². The molecule has 110 valence electrons. The lowest BCUT2D eigenvalue weighted by Gasteiger charge is -2.27. The number of likely N-dealkylation sites (tertiary alicyclic amines) is 1. The normalized spacial score (nSPS) is 18.9. The van der Waals surface area contributed by atoms with Gasteiger partial charge >= 0.3 is 12.0 Å². The molecule has 0 bridgehead atoms. The molecule has 1 heterocycles. The van der Waals surface area contributed by atoms with Crippen LogP contribution in [0.5, 0.6) is 0 Å². The van der Waals surface area contributed by atoms with Gasteiger partial charge < -0.3 is 15.3 Å². The Hall–Kier alpha value is -1.26. The van der Waals surface area contributed by atoms with Gasteiger partial charge in [-0.25, -0.2) is 4.79 Å². The van der Waals surface area contributed by atoms with Crippen molar-refractivity contribution < 1.29 is 14.7 Å². The van der Waals surface area contributed by atoms with Crippen LogP contribution in [0.15, 0.2) is 0 Å². The monoisotopic (exact) mass is 270 g/mol. The third-order valence-electron chi connectivity index (χ3n) is 3.67. The molecule has 19 heavy (non-hydrogen) atoms. The summed E-state index contributed by atoms with van der Waals surface area (Å²) in [5, 5.41) is 11.4. The molecule has 0 aromatic heterocycles. The molecule has 1 rings (SSSR count). The lowest BCUT2D eigenvalue weighted by molar-refractivity contribution is -0.137. The van der Waals surface area contributed by atoms with Gasteiger partial charge in [0.2, 0.25) is 0 Å². The summed E-state index contributed by atoms with van der Waals surface area (Å²) < 4.78 is 0. The van der Waals surface area contributed by atoms with Crippen molar-refractivity contribution >= 4 is 12.0 Å². The molecule has 0 aromatic carbocycles. The van der Waals surface area contributed by atoms with E-state index in [1.165, 1.54) is 0 Å². The van der Waals surface area contributed by atoms with Gasteiger partial charge in [-0.1, -0.05) is 20.3 Å². The maximum Gasteiger partial charge on any atom is 0.317 e. The molecular weight excluding hydrogens is 244 g/mol. The van der Waals surface area contributed by atoms with E-state index in [-0.39, 0.29) is 12.5 Å². The van der Waals surface area contributed by atoms with Crippen LogP contribution in [0.2, 0.25) is 0 Å². The number of carbonyl (C=O) groups is 2. The van der Waals surface area contributed by atoms with Crippen LogP contribution in [0.4, 0.5) is 4.79 Å². The fourth-order valence-electron chi connectivity index (χ4n) is 2.61. The third-order valence-corrected chi connectivity index (χ3v) is 3.67. The second-order valence-corrected chi connectivity index (χ2v) is 5.58. The largest absolute Gasteiger partial charge is 0.481 e. The van der Waals surface area contributed by atoms with Gasteiger partial charge in [-0.15, -0.1) is 0 Å². The Bertz CT molecular complexity index is 305. The number of amides is 2.